The molecule has 1 fully saturated rings. The molecular weight excluding hydrogens is 296 g/mol. The van der Waals surface area contributed by atoms with Crippen molar-refractivity contribution < 1.29 is 17.6 Å². The Kier molecular flexibility index (Phi) is 4.56. The van der Waals surface area contributed by atoms with Gasteiger partial charge in [0, 0.05) is 12.6 Å². The van der Waals surface area contributed by atoms with E-state index in [0.29, 0.717) is 18.5 Å². The van der Waals surface area contributed by atoms with Gasteiger partial charge in [-0.15, -0.1) is 0 Å². The lowest BCUT2D eigenvalue weighted by molar-refractivity contribution is -0.143. The fourth-order valence-corrected chi connectivity index (χ4v) is 2.73. The van der Waals surface area contributed by atoms with Gasteiger partial charge in [0.1, 0.15) is 5.82 Å². The van der Waals surface area contributed by atoms with E-state index in [1.807, 2.05) is 0 Å². The summed E-state index contributed by atoms with van der Waals surface area (Å²) in [5.41, 5.74) is 6.70. The summed E-state index contributed by atoms with van der Waals surface area (Å²) in [5.74, 6) is -0.619. The van der Waals surface area contributed by atoms with Crippen LogP contribution in [0, 0.1) is 11.7 Å². The minimum atomic E-state index is -4.20. The summed E-state index contributed by atoms with van der Waals surface area (Å²) in [6.45, 7) is -0.261. The second kappa shape index (κ2) is 5.87. The average Bonchev–Trinajstić information content (AvgIpc) is 2.78. The topological polar surface area (TPSA) is 29.3 Å². The van der Waals surface area contributed by atoms with E-state index in [1.165, 1.54) is 23.1 Å². The highest BCUT2D eigenvalue weighted by atomic mass is 35.5. The molecular formula is C13H15ClF4N2. The largest absolute Gasteiger partial charge is 0.401 e. The lowest BCUT2D eigenvalue weighted by Crippen LogP contribution is -2.33. The summed E-state index contributed by atoms with van der Waals surface area (Å²) in [5, 5.41) is -0.0249. The molecule has 1 aliphatic rings. The summed E-state index contributed by atoms with van der Waals surface area (Å²) < 4.78 is 50.1. The number of alkyl halides is 3. The first kappa shape index (κ1) is 15.5. The summed E-state index contributed by atoms with van der Waals surface area (Å²) >= 11 is 5.69. The molecule has 0 amide bonds. The number of nitrogens with zero attached hydrogens (tertiary/aromatic N) is 1. The fraction of sp³-hybridized carbons (Fsp3) is 0.538. The van der Waals surface area contributed by atoms with Crippen LogP contribution in [0.15, 0.2) is 18.2 Å². The lowest BCUT2D eigenvalue weighted by Gasteiger charge is -2.21. The van der Waals surface area contributed by atoms with Crippen molar-refractivity contribution >= 4 is 11.6 Å². The molecule has 0 aliphatic carbocycles. The number of hydrogen-bond acceptors (Lipinski definition) is 2. The van der Waals surface area contributed by atoms with Gasteiger partial charge in [-0.25, -0.2) is 4.39 Å². The summed E-state index contributed by atoms with van der Waals surface area (Å²) in [4.78, 5) is 1.34. The van der Waals surface area contributed by atoms with Gasteiger partial charge in [0.25, 0.3) is 0 Å². The summed E-state index contributed by atoms with van der Waals surface area (Å²) in [7, 11) is 0. The van der Waals surface area contributed by atoms with Gasteiger partial charge in [-0.3, -0.25) is 4.90 Å². The van der Waals surface area contributed by atoms with Crippen LogP contribution in [0.2, 0.25) is 5.02 Å². The Morgan fingerprint density at radius 1 is 1.40 bits per heavy atom. The maximum absolute atomic E-state index is 13.1. The molecule has 112 valence electrons. The summed E-state index contributed by atoms with van der Waals surface area (Å²) in [6.07, 6.45) is -3.61. The molecule has 2 unspecified atom stereocenters. The van der Waals surface area contributed by atoms with Gasteiger partial charge in [0.05, 0.1) is 11.6 Å². The second-order valence-corrected chi connectivity index (χ2v) is 5.51. The van der Waals surface area contributed by atoms with Crippen LogP contribution in [0.4, 0.5) is 17.6 Å². The van der Waals surface area contributed by atoms with Crippen molar-refractivity contribution in [1.82, 2.24) is 4.90 Å². The molecule has 1 saturated heterocycles. The molecule has 0 bridgehead atoms. The quantitative estimate of drug-likeness (QED) is 0.867. The first-order valence-electron chi connectivity index (χ1n) is 6.26. The van der Waals surface area contributed by atoms with Crippen LogP contribution in [0.25, 0.3) is 0 Å². The number of benzene rings is 1. The molecule has 1 heterocycles. The zero-order valence-electron chi connectivity index (χ0n) is 10.6. The van der Waals surface area contributed by atoms with E-state index in [4.69, 9.17) is 17.3 Å². The van der Waals surface area contributed by atoms with Gasteiger partial charge in [-0.05, 0) is 36.6 Å². The second-order valence-electron chi connectivity index (χ2n) is 5.10. The SMILES string of the molecule is NC(c1ccc(F)c(Cl)c1)C1CCN(CC(F)(F)F)C1. The molecule has 1 aromatic rings. The van der Waals surface area contributed by atoms with Crippen LogP contribution in [-0.2, 0) is 0 Å². The van der Waals surface area contributed by atoms with E-state index in [9.17, 15) is 17.6 Å². The molecule has 2 nitrogen and oxygen atoms in total. The molecule has 2 rings (SSSR count). The van der Waals surface area contributed by atoms with Crippen molar-refractivity contribution in [3.63, 3.8) is 0 Å². The standard InChI is InChI=1S/C13H15ClF4N2/c14-10-5-8(1-2-11(10)15)12(19)9-3-4-20(6-9)7-13(16,17)18/h1-2,5,9,12H,3-4,6-7,19H2. The van der Waals surface area contributed by atoms with Gasteiger partial charge in [-0.1, -0.05) is 17.7 Å². The first-order chi connectivity index (χ1) is 9.26. The van der Waals surface area contributed by atoms with Crippen LogP contribution in [-0.4, -0.2) is 30.7 Å². The Labute approximate surface area is 119 Å². The van der Waals surface area contributed by atoms with E-state index < -0.39 is 24.6 Å². The molecule has 2 N–H and O–H groups in total. The highest BCUT2D eigenvalue weighted by molar-refractivity contribution is 6.30. The zero-order valence-corrected chi connectivity index (χ0v) is 11.4. The van der Waals surface area contributed by atoms with E-state index in [2.05, 4.69) is 0 Å². The molecule has 0 aromatic heterocycles. The predicted molar refractivity (Wildman–Crippen MR) is 68.9 cm³/mol. The minimum absolute atomic E-state index is 0.0249. The normalized spacial score (nSPS) is 22.2. The smallest absolute Gasteiger partial charge is 0.324 e. The number of likely N-dealkylation sites (tertiary alicyclic amines) is 1. The molecule has 0 spiro atoms. The molecule has 2 atom stereocenters. The van der Waals surface area contributed by atoms with E-state index in [0.717, 1.165) is 0 Å². The van der Waals surface area contributed by atoms with Gasteiger partial charge < -0.3 is 5.73 Å². The van der Waals surface area contributed by atoms with Crippen molar-refractivity contribution in [2.24, 2.45) is 11.7 Å². The van der Waals surface area contributed by atoms with Crippen LogP contribution < -0.4 is 5.73 Å². The third-order valence-corrected chi connectivity index (χ3v) is 3.84. The molecule has 1 aliphatic heterocycles. The summed E-state index contributed by atoms with van der Waals surface area (Å²) in [6, 6.07) is 3.75. The molecule has 7 heteroatoms. The molecule has 1 aromatic carbocycles. The van der Waals surface area contributed by atoms with Gasteiger partial charge in [0.2, 0.25) is 0 Å². The van der Waals surface area contributed by atoms with Crippen LogP contribution in [0.1, 0.15) is 18.0 Å². The third kappa shape index (κ3) is 3.84. The van der Waals surface area contributed by atoms with Crippen LogP contribution >= 0.6 is 11.6 Å². The Balaban J connectivity index is 2.00. The Bertz CT molecular complexity index is 478. The lowest BCUT2D eigenvalue weighted by atomic mass is 9.93. The average molecular weight is 311 g/mol. The Hall–Kier alpha value is -0.850. The number of nitrogens with two attached hydrogens (primary N) is 1. The monoisotopic (exact) mass is 310 g/mol. The highest BCUT2D eigenvalue weighted by Crippen LogP contribution is 2.31. The number of rotatable bonds is 3. The predicted octanol–water partition coefficient (Wildman–Crippen LogP) is 3.36. The van der Waals surface area contributed by atoms with Crippen molar-refractivity contribution in [1.29, 1.82) is 0 Å². The highest BCUT2D eigenvalue weighted by Gasteiger charge is 2.36. The van der Waals surface area contributed by atoms with Gasteiger partial charge in [0.15, 0.2) is 0 Å². The molecule has 0 saturated carbocycles. The van der Waals surface area contributed by atoms with Crippen molar-refractivity contribution in [3.8, 4) is 0 Å². The van der Waals surface area contributed by atoms with Gasteiger partial charge >= 0.3 is 6.18 Å². The Morgan fingerprint density at radius 3 is 2.70 bits per heavy atom. The van der Waals surface area contributed by atoms with Crippen molar-refractivity contribution in [2.45, 2.75) is 18.6 Å². The maximum Gasteiger partial charge on any atom is 0.401 e. The third-order valence-electron chi connectivity index (χ3n) is 3.55. The zero-order chi connectivity index (χ0) is 14.9. The van der Waals surface area contributed by atoms with Crippen molar-refractivity contribution in [3.05, 3.63) is 34.6 Å². The van der Waals surface area contributed by atoms with Gasteiger partial charge in [-0.2, -0.15) is 13.2 Å². The molecule has 20 heavy (non-hydrogen) atoms. The van der Waals surface area contributed by atoms with E-state index in [-0.39, 0.29) is 17.5 Å². The van der Waals surface area contributed by atoms with Crippen LogP contribution in [0.5, 0.6) is 0 Å². The first-order valence-corrected chi connectivity index (χ1v) is 6.63. The number of halogens is 5. The van der Waals surface area contributed by atoms with E-state index in [1.54, 1.807) is 0 Å². The Morgan fingerprint density at radius 2 is 2.10 bits per heavy atom. The molecule has 0 radical (unpaired) electrons. The van der Waals surface area contributed by atoms with Crippen LogP contribution in [0.3, 0.4) is 0 Å². The van der Waals surface area contributed by atoms with Crippen molar-refractivity contribution in [2.75, 3.05) is 19.6 Å². The minimum Gasteiger partial charge on any atom is -0.324 e. The van der Waals surface area contributed by atoms with E-state index >= 15 is 0 Å². The maximum atomic E-state index is 13.1. The fourth-order valence-electron chi connectivity index (χ4n) is 2.54. The number of hydrogen-bond donors (Lipinski definition) is 1.